The lowest BCUT2D eigenvalue weighted by molar-refractivity contribution is 0.399. The van der Waals surface area contributed by atoms with Gasteiger partial charge in [-0.3, -0.25) is 0 Å². The van der Waals surface area contributed by atoms with Crippen LogP contribution < -0.4 is 17.2 Å². The number of rotatable bonds is 5. The van der Waals surface area contributed by atoms with Gasteiger partial charge in [0.15, 0.2) is 0 Å². The van der Waals surface area contributed by atoms with Gasteiger partial charge in [0.05, 0.1) is 0 Å². The highest BCUT2D eigenvalue weighted by atomic mass is 15.0. The predicted molar refractivity (Wildman–Crippen MR) is 65.5 cm³/mol. The highest BCUT2D eigenvalue weighted by molar-refractivity contribution is 4.72. The van der Waals surface area contributed by atoms with Crippen LogP contribution in [0, 0.1) is 0 Å². The summed E-state index contributed by atoms with van der Waals surface area (Å²) in [4.78, 5) is 2.16. The van der Waals surface area contributed by atoms with Gasteiger partial charge in [0.1, 0.15) is 0 Å². The van der Waals surface area contributed by atoms with Crippen molar-refractivity contribution in [2.45, 2.75) is 26.7 Å². The first-order chi connectivity index (χ1) is 6.18. The molecule has 0 aliphatic rings. The molecular weight excluding hydrogens is 176 g/mol. The van der Waals surface area contributed by atoms with Gasteiger partial charge in [-0.2, -0.15) is 0 Å². The fourth-order valence-electron chi connectivity index (χ4n) is 0.649. The summed E-state index contributed by atoms with van der Waals surface area (Å²) in [6, 6.07) is 0. The van der Waals surface area contributed by atoms with E-state index in [0.29, 0.717) is 0 Å². The fourth-order valence-corrected chi connectivity index (χ4v) is 0.649. The van der Waals surface area contributed by atoms with Crippen LogP contribution in [-0.4, -0.2) is 32.1 Å². The van der Waals surface area contributed by atoms with E-state index in [1.807, 2.05) is 0 Å². The number of nitrogens with two attached hydrogens (primary N) is 1. The Bertz CT molecular complexity index is 102. The van der Waals surface area contributed by atoms with Crippen LogP contribution in [0.3, 0.4) is 0 Å². The SMILES string of the molecule is CCC.CN(C)CCCN/C=C\N.N. The van der Waals surface area contributed by atoms with Crippen molar-refractivity contribution in [1.29, 1.82) is 0 Å². The minimum Gasteiger partial charge on any atom is -0.403 e. The molecule has 0 unspecified atom stereocenters. The smallest absolute Gasteiger partial charge is 0.0154 e. The van der Waals surface area contributed by atoms with Crippen LogP contribution in [0.15, 0.2) is 12.4 Å². The molecule has 88 valence electrons. The van der Waals surface area contributed by atoms with Crippen molar-refractivity contribution in [1.82, 2.24) is 16.4 Å². The summed E-state index contributed by atoms with van der Waals surface area (Å²) in [5.74, 6) is 0. The van der Waals surface area contributed by atoms with Gasteiger partial charge in [-0.15, -0.1) is 0 Å². The monoisotopic (exact) mass is 204 g/mol. The Morgan fingerprint density at radius 3 is 2.14 bits per heavy atom. The molecule has 0 heterocycles. The maximum absolute atomic E-state index is 5.12. The molecule has 0 aromatic carbocycles. The van der Waals surface area contributed by atoms with Crippen molar-refractivity contribution in [2.24, 2.45) is 5.73 Å². The number of nitrogens with one attached hydrogen (secondary N) is 1. The summed E-state index contributed by atoms with van der Waals surface area (Å²) in [5.41, 5.74) is 5.12. The highest BCUT2D eigenvalue weighted by Crippen LogP contribution is 1.79. The van der Waals surface area contributed by atoms with Crippen LogP contribution in [-0.2, 0) is 0 Å². The standard InChI is InChI=1S/C7H17N3.C3H8.H3N/c1-10(2)7-3-5-9-6-4-8;1-3-2;/h4,6,9H,3,5,7-8H2,1-2H3;3H2,1-2H3;1H3/b6-4-;;. The quantitative estimate of drug-likeness (QED) is 0.594. The fraction of sp³-hybridized carbons (Fsp3) is 0.800. The lowest BCUT2D eigenvalue weighted by atomic mass is 10.4. The minimum atomic E-state index is 0. The molecule has 0 saturated heterocycles. The van der Waals surface area contributed by atoms with Gasteiger partial charge in [0.25, 0.3) is 0 Å². The first kappa shape index (κ1) is 18.9. The molecule has 4 heteroatoms. The van der Waals surface area contributed by atoms with Gasteiger partial charge in [-0.25, -0.2) is 0 Å². The second kappa shape index (κ2) is 18.1. The lowest BCUT2D eigenvalue weighted by Gasteiger charge is -2.08. The van der Waals surface area contributed by atoms with E-state index in [1.54, 1.807) is 6.20 Å². The van der Waals surface area contributed by atoms with Gasteiger partial charge in [-0.1, -0.05) is 20.3 Å². The summed E-state index contributed by atoms with van der Waals surface area (Å²) >= 11 is 0. The molecule has 0 rings (SSSR count). The predicted octanol–water partition coefficient (Wildman–Crippen LogP) is 1.54. The Hall–Kier alpha value is -0.740. The van der Waals surface area contributed by atoms with Crippen LogP contribution >= 0.6 is 0 Å². The van der Waals surface area contributed by atoms with Crippen molar-refractivity contribution in [3.8, 4) is 0 Å². The Balaban J connectivity index is -0.000000267. The summed E-state index contributed by atoms with van der Waals surface area (Å²) < 4.78 is 0. The highest BCUT2D eigenvalue weighted by Gasteiger charge is 1.86. The molecule has 0 fully saturated rings. The molecule has 4 nitrogen and oxygen atoms in total. The zero-order chi connectivity index (χ0) is 10.5. The topological polar surface area (TPSA) is 76.3 Å². The van der Waals surface area contributed by atoms with Gasteiger partial charge < -0.3 is 22.1 Å². The largest absolute Gasteiger partial charge is 0.403 e. The van der Waals surface area contributed by atoms with E-state index >= 15 is 0 Å². The van der Waals surface area contributed by atoms with Crippen molar-refractivity contribution < 1.29 is 0 Å². The van der Waals surface area contributed by atoms with E-state index in [9.17, 15) is 0 Å². The normalized spacial score (nSPS) is 9.21. The van der Waals surface area contributed by atoms with Crippen molar-refractivity contribution in [3.05, 3.63) is 12.4 Å². The second-order valence-electron chi connectivity index (χ2n) is 3.18. The lowest BCUT2D eigenvalue weighted by Crippen LogP contribution is -2.18. The van der Waals surface area contributed by atoms with Crippen LogP contribution in [0.2, 0.25) is 0 Å². The van der Waals surface area contributed by atoms with Crippen molar-refractivity contribution in [3.63, 3.8) is 0 Å². The molecule has 0 radical (unpaired) electrons. The maximum atomic E-state index is 5.12. The summed E-state index contributed by atoms with van der Waals surface area (Å²) in [6.07, 6.45) is 5.67. The minimum absolute atomic E-state index is 0. The third kappa shape index (κ3) is 30.2. The molecule has 0 bridgehead atoms. The molecule has 14 heavy (non-hydrogen) atoms. The van der Waals surface area contributed by atoms with Gasteiger partial charge in [0, 0.05) is 18.9 Å². The average Bonchev–Trinajstić information content (AvgIpc) is 2.05. The second-order valence-corrected chi connectivity index (χ2v) is 3.18. The summed E-state index contributed by atoms with van der Waals surface area (Å²) in [7, 11) is 4.14. The molecule has 0 amide bonds. The average molecular weight is 204 g/mol. The van der Waals surface area contributed by atoms with Crippen molar-refractivity contribution >= 4 is 0 Å². The molecule has 0 atom stereocenters. The molecule has 0 spiro atoms. The Kier molecular flexibility index (Phi) is 24.5. The molecular formula is C10H28N4. The number of hydrogen-bond donors (Lipinski definition) is 3. The van der Waals surface area contributed by atoms with E-state index in [1.165, 1.54) is 12.6 Å². The molecule has 6 N–H and O–H groups in total. The van der Waals surface area contributed by atoms with Crippen LogP contribution in [0.5, 0.6) is 0 Å². The van der Waals surface area contributed by atoms with E-state index in [-0.39, 0.29) is 6.15 Å². The molecule has 0 aromatic heterocycles. The third-order valence-corrected chi connectivity index (χ3v) is 1.14. The number of nitrogens with zero attached hydrogens (tertiary/aromatic N) is 1. The Labute approximate surface area is 89.1 Å². The molecule has 0 aliphatic heterocycles. The summed E-state index contributed by atoms with van der Waals surface area (Å²) in [6.45, 7) is 6.36. The van der Waals surface area contributed by atoms with Crippen LogP contribution in [0.1, 0.15) is 26.7 Å². The zero-order valence-electron chi connectivity index (χ0n) is 10.2. The van der Waals surface area contributed by atoms with Crippen molar-refractivity contribution in [2.75, 3.05) is 27.2 Å². The van der Waals surface area contributed by atoms with Gasteiger partial charge >= 0.3 is 0 Å². The first-order valence-electron chi connectivity index (χ1n) is 4.93. The molecule has 0 saturated carbocycles. The van der Waals surface area contributed by atoms with E-state index in [4.69, 9.17) is 5.73 Å². The Morgan fingerprint density at radius 2 is 1.79 bits per heavy atom. The van der Waals surface area contributed by atoms with E-state index in [0.717, 1.165) is 19.5 Å². The van der Waals surface area contributed by atoms with E-state index in [2.05, 4.69) is 38.2 Å². The van der Waals surface area contributed by atoms with E-state index < -0.39 is 0 Å². The van der Waals surface area contributed by atoms with Gasteiger partial charge in [-0.05, 0) is 27.1 Å². The summed E-state index contributed by atoms with van der Waals surface area (Å²) in [5, 5.41) is 3.06. The molecule has 0 aliphatic carbocycles. The molecule has 0 aromatic rings. The van der Waals surface area contributed by atoms with Crippen LogP contribution in [0.4, 0.5) is 0 Å². The van der Waals surface area contributed by atoms with Gasteiger partial charge in [0.2, 0.25) is 0 Å². The third-order valence-electron chi connectivity index (χ3n) is 1.14. The Morgan fingerprint density at radius 1 is 1.29 bits per heavy atom. The van der Waals surface area contributed by atoms with Crippen LogP contribution in [0.25, 0.3) is 0 Å². The number of hydrogen-bond acceptors (Lipinski definition) is 4. The first-order valence-corrected chi connectivity index (χ1v) is 4.93. The maximum Gasteiger partial charge on any atom is 0.0154 e. The zero-order valence-corrected chi connectivity index (χ0v) is 10.2.